The van der Waals surface area contributed by atoms with Crippen molar-refractivity contribution < 1.29 is 19.1 Å². The average molecular weight is 202 g/mol. The van der Waals surface area contributed by atoms with Gasteiger partial charge in [-0.25, -0.2) is 0 Å². The highest BCUT2D eigenvalue weighted by Gasteiger charge is 2.18. The summed E-state index contributed by atoms with van der Waals surface area (Å²) in [5.74, 6) is -0.507. The Labute approximate surface area is 84.6 Å². The Kier molecular flexibility index (Phi) is 5.92. The number of methoxy groups -OCH3 is 2. The smallest absolute Gasteiger partial charge is 0.308 e. The number of hydrogen-bond acceptors (Lipinski definition) is 4. The molecular weight excluding hydrogens is 184 g/mol. The van der Waals surface area contributed by atoms with Gasteiger partial charge in [0.15, 0.2) is 0 Å². The number of hydrogen-bond donors (Lipinski definition) is 0. The van der Waals surface area contributed by atoms with Gasteiger partial charge in [0.25, 0.3) is 0 Å². The van der Waals surface area contributed by atoms with Crippen LogP contribution in [0.1, 0.15) is 26.7 Å². The van der Waals surface area contributed by atoms with Crippen molar-refractivity contribution in [1.82, 2.24) is 0 Å². The zero-order valence-electron chi connectivity index (χ0n) is 9.20. The lowest BCUT2D eigenvalue weighted by atomic mass is 9.95. The summed E-state index contributed by atoms with van der Waals surface area (Å²) in [5, 5.41) is 0. The molecule has 0 N–H and O–H groups in total. The van der Waals surface area contributed by atoms with Crippen molar-refractivity contribution in [1.29, 1.82) is 0 Å². The van der Waals surface area contributed by atoms with Gasteiger partial charge in [-0.05, 0) is 12.3 Å². The van der Waals surface area contributed by atoms with E-state index in [9.17, 15) is 9.59 Å². The van der Waals surface area contributed by atoms with Gasteiger partial charge >= 0.3 is 11.9 Å². The van der Waals surface area contributed by atoms with E-state index in [1.165, 1.54) is 14.2 Å². The molecule has 0 aromatic heterocycles. The minimum atomic E-state index is -0.241. The topological polar surface area (TPSA) is 52.6 Å². The van der Waals surface area contributed by atoms with E-state index >= 15 is 0 Å². The highest BCUT2D eigenvalue weighted by Crippen LogP contribution is 2.16. The predicted octanol–water partition coefficient (Wildman–Crippen LogP) is 1.38. The van der Waals surface area contributed by atoms with Crippen LogP contribution in [0.5, 0.6) is 0 Å². The molecule has 0 amide bonds. The normalized spacial score (nSPS) is 14.3. The molecule has 0 aromatic rings. The third kappa shape index (κ3) is 4.84. The molecule has 4 nitrogen and oxygen atoms in total. The lowest BCUT2D eigenvalue weighted by Gasteiger charge is -2.14. The minimum Gasteiger partial charge on any atom is -0.469 e. The summed E-state index contributed by atoms with van der Waals surface area (Å²) >= 11 is 0. The van der Waals surface area contributed by atoms with E-state index in [0.717, 1.165) is 0 Å². The van der Waals surface area contributed by atoms with E-state index in [1.807, 2.05) is 6.92 Å². The Morgan fingerprint density at radius 2 is 1.71 bits per heavy atom. The van der Waals surface area contributed by atoms with E-state index in [0.29, 0.717) is 12.8 Å². The van der Waals surface area contributed by atoms with E-state index in [1.54, 1.807) is 6.92 Å². The fourth-order valence-corrected chi connectivity index (χ4v) is 1.35. The quantitative estimate of drug-likeness (QED) is 0.632. The molecule has 0 aliphatic rings. The zero-order chi connectivity index (χ0) is 11.1. The van der Waals surface area contributed by atoms with Crippen LogP contribution < -0.4 is 0 Å². The zero-order valence-corrected chi connectivity index (χ0v) is 9.20. The standard InChI is InChI=1S/C10H18O4/c1-7(6-9(11)13-3)5-8(2)10(12)14-4/h7-8H,5-6H2,1-4H3/t7-,8+/m0/s1. The minimum absolute atomic E-state index is 0.136. The van der Waals surface area contributed by atoms with E-state index in [2.05, 4.69) is 9.47 Å². The molecule has 0 radical (unpaired) electrons. The first-order chi connectivity index (χ1) is 6.51. The van der Waals surface area contributed by atoms with Gasteiger partial charge in [-0.15, -0.1) is 0 Å². The lowest BCUT2D eigenvalue weighted by molar-refractivity contribution is -0.147. The van der Waals surface area contributed by atoms with Crippen molar-refractivity contribution in [2.75, 3.05) is 14.2 Å². The molecule has 0 saturated heterocycles. The molecule has 82 valence electrons. The van der Waals surface area contributed by atoms with Crippen molar-refractivity contribution >= 4 is 11.9 Å². The maximum atomic E-state index is 11.1. The molecule has 14 heavy (non-hydrogen) atoms. The summed E-state index contributed by atoms with van der Waals surface area (Å²) in [6.07, 6.45) is 0.986. The second-order valence-corrected chi connectivity index (χ2v) is 3.55. The van der Waals surface area contributed by atoms with Crippen molar-refractivity contribution in [2.45, 2.75) is 26.7 Å². The molecule has 0 bridgehead atoms. The highest BCUT2D eigenvalue weighted by molar-refractivity contribution is 5.72. The van der Waals surface area contributed by atoms with E-state index in [-0.39, 0.29) is 23.8 Å². The fraction of sp³-hybridized carbons (Fsp3) is 0.800. The summed E-state index contributed by atoms with van der Waals surface area (Å²) < 4.78 is 9.12. The van der Waals surface area contributed by atoms with Crippen molar-refractivity contribution in [3.05, 3.63) is 0 Å². The van der Waals surface area contributed by atoms with E-state index < -0.39 is 0 Å². The van der Waals surface area contributed by atoms with Crippen LogP contribution >= 0.6 is 0 Å². The second kappa shape index (κ2) is 6.40. The molecule has 0 unspecified atom stereocenters. The molecule has 0 rings (SSSR count). The molecule has 0 aliphatic carbocycles. The Morgan fingerprint density at radius 3 is 2.14 bits per heavy atom. The van der Waals surface area contributed by atoms with Crippen LogP contribution in [0.3, 0.4) is 0 Å². The molecule has 2 atom stereocenters. The van der Waals surface area contributed by atoms with Crippen LogP contribution in [0, 0.1) is 11.8 Å². The maximum absolute atomic E-state index is 11.1. The van der Waals surface area contributed by atoms with Crippen molar-refractivity contribution in [3.8, 4) is 0 Å². The van der Waals surface area contributed by atoms with Gasteiger partial charge in [-0.1, -0.05) is 13.8 Å². The second-order valence-electron chi connectivity index (χ2n) is 3.55. The number of carbonyl (C=O) groups excluding carboxylic acids is 2. The van der Waals surface area contributed by atoms with Crippen LogP contribution in [-0.4, -0.2) is 26.2 Å². The molecular formula is C10H18O4. The van der Waals surface area contributed by atoms with Crippen LogP contribution in [0.25, 0.3) is 0 Å². The van der Waals surface area contributed by atoms with Gasteiger partial charge in [0.1, 0.15) is 0 Å². The van der Waals surface area contributed by atoms with Crippen LogP contribution in [0.2, 0.25) is 0 Å². The van der Waals surface area contributed by atoms with Gasteiger partial charge in [-0.3, -0.25) is 9.59 Å². The summed E-state index contributed by atoms with van der Waals surface area (Å²) in [7, 11) is 2.72. The molecule has 0 aromatic carbocycles. The van der Waals surface area contributed by atoms with Crippen molar-refractivity contribution in [3.63, 3.8) is 0 Å². The third-order valence-corrected chi connectivity index (χ3v) is 2.10. The Hall–Kier alpha value is -1.06. The van der Waals surface area contributed by atoms with Crippen molar-refractivity contribution in [2.24, 2.45) is 11.8 Å². The SMILES string of the molecule is COC(=O)C[C@@H](C)C[C@@H](C)C(=O)OC. The number of carbonyl (C=O) groups is 2. The number of rotatable bonds is 5. The van der Waals surface area contributed by atoms with Gasteiger partial charge in [0.05, 0.1) is 20.1 Å². The fourth-order valence-electron chi connectivity index (χ4n) is 1.35. The van der Waals surface area contributed by atoms with Gasteiger partial charge < -0.3 is 9.47 Å². The Bertz CT molecular complexity index is 200. The van der Waals surface area contributed by atoms with Gasteiger partial charge in [-0.2, -0.15) is 0 Å². The largest absolute Gasteiger partial charge is 0.469 e. The predicted molar refractivity (Wildman–Crippen MR) is 51.6 cm³/mol. The molecule has 0 spiro atoms. The molecule has 0 saturated carbocycles. The van der Waals surface area contributed by atoms with Gasteiger partial charge in [0, 0.05) is 6.42 Å². The first-order valence-corrected chi connectivity index (χ1v) is 4.65. The van der Waals surface area contributed by atoms with Crippen LogP contribution in [0.15, 0.2) is 0 Å². The number of esters is 2. The van der Waals surface area contributed by atoms with Crippen LogP contribution in [-0.2, 0) is 19.1 Å². The molecule has 0 heterocycles. The molecule has 0 fully saturated rings. The summed E-state index contributed by atoms with van der Waals surface area (Å²) in [6, 6.07) is 0. The third-order valence-electron chi connectivity index (χ3n) is 2.10. The first kappa shape index (κ1) is 12.9. The maximum Gasteiger partial charge on any atom is 0.308 e. The monoisotopic (exact) mass is 202 g/mol. The average Bonchev–Trinajstić information content (AvgIpc) is 2.15. The lowest BCUT2D eigenvalue weighted by Crippen LogP contribution is -2.17. The van der Waals surface area contributed by atoms with Gasteiger partial charge in [0.2, 0.25) is 0 Å². The number of ether oxygens (including phenoxy) is 2. The highest BCUT2D eigenvalue weighted by atomic mass is 16.5. The summed E-state index contributed by atoms with van der Waals surface area (Å²) in [5.41, 5.74) is 0. The van der Waals surface area contributed by atoms with Crippen LogP contribution in [0.4, 0.5) is 0 Å². The molecule has 4 heteroatoms. The Balaban J connectivity index is 3.87. The molecule has 0 aliphatic heterocycles. The summed E-state index contributed by atoms with van der Waals surface area (Å²) in [6.45, 7) is 3.70. The Morgan fingerprint density at radius 1 is 1.14 bits per heavy atom. The first-order valence-electron chi connectivity index (χ1n) is 4.65. The van der Waals surface area contributed by atoms with E-state index in [4.69, 9.17) is 0 Å². The summed E-state index contributed by atoms with van der Waals surface area (Å²) in [4.78, 5) is 22.0.